The second kappa shape index (κ2) is 8.84. The molecule has 0 unspecified atom stereocenters. The number of azo groups is 1. The van der Waals surface area contributed by atoms with Gasteiger partial charge in [0.1, 0.15) is 0 Å². The van der Waals surface area contributed by atoms with Gasteiger partial charge in [0.05, 0.1) is 17.6 Å². The molecule has 2 N–H and O–H groups in total. The highest BCUT2D eigenvalue weighted by molar-refractivity contribution is 5.90. The van der Waals surface area contributed by atoms with Gasteiger partial charge in [0.25, 0.3) is 0 Å². The Morgan fingerprint density at radius 3 is 2.19 bits per heavy atom. The van der Waals surface area contributed by atoms with Crippen molar-refractivity contribution in [3.05, 3.63) is 84.7 Å². The van der Waals surface area contributed by atoms with Crippen molar-refractivity contribution in [2.24, 2.45) is 15.3 Å². The maximum absolute atomic E-state index is 11.8. The van der Waals surface area contributed by atoms with Gasteiger partial charge < -0.3 is 5.32 Å². The zero-order valence-corrected chi connectivity index (χ0v) is 13.8. The molecule has 0 bridgehead atoms. The first-order chi connectivity index (χ1) is 12.8. The first-order valence-electron chi connectivity index (χ1n) is 7.86. The topological polar surface area (TPSA) is 91.1 Å². The summed E-state index contributed by atoms with van der Waals surface area (Å²) in [5, 5.41) is 14.8. The lowest BCUT2D eigenvalue weighted by Crippen LogP contribution is -2.24. The molecule has 0 aliphatic heterocycles. The van der Waals surface area contributed by atoms with Crippen LogP contribution in [0.25, 0.3) is 0 Å². The maximum Gasteiger partial charge on any atom is 0.339 e. The van der Waals surface area contributed by atoms with Crippen LogP contribution < -0.4 is 10.7 Å². The van der Waals surface area contributed by atoms with Gasteiger partial charge in [0.2, 0.25) is 0 Å². The third-order valence-corrected chi connectivity index (χ3v) is 3.25. The Kier molecular flexibility index (Phi) is 5.77. The predicted molar refractivity (Wildman–Crippen MR) is 101 cm³/mol. The minimum Gasteiger partial charge on any atom is -0.307 e. The molecule has 0 saturated carbocycles. The molecule has 0 atom stereocenters. The molecule has 0 saturated heterocycles. The van der Waals surface area contributed by atoms with Crippen LogP contribution in [0.2, 0.25) is 0 Å². The zero-order chi connectivity index (χ0) is 18.0. The Labute approximate surface area is 150 Å². The number of aromatic nitrogens is 1. The highest BCUT2D eigenvalue weighted by Crippen LogP contribution is 2.19. The third kappa shape index (κ3) is 5.34. The second-order valence-electron chi connectivity index (χ2n) is 5.19. The number of pyridine rings is 1. The molecule has 128 valence electrons. The van der Waals surface area contributed by atoms with Gasteiger partial charge >= 0.3 is 6.03 Å². The van der Waals surface area contributed by atoms with Crippen molar-refractivity contribution in [2.75, 3.05) is 5.32 Å². The molecule has 7 heteroatoms. The lowest BCUT2D eigenvalue weighted by Gasteiger charge is -2.04. The highest BCUT2D eigenvalue weighted by atomic mass is 16.2. The van der Waals surface area contributed by atoms with Gasteiger partial charge in [0.15, 0.2) is 0 Å². The van der Waals surface area contributed by atoms with E-state index in [0.29, 0.717) is 11.4 Å². The summed E-state index contributed by atoms with van der Waals surface area (Å²) in [6.07, 6.45) is 4.84. The Balaban J connectivity index is 1.51. The highest BCUT2D eigenvalue weighted by Gasteiger charge is 2.00. The molecular weight excluding hydrogens is 328 g/mol. The molecule has 26 heavy (non-hydrogen) atoms. The number of hydrogen-bond donors (Lipinski definition) is 2. The lowest BCUT2D eigenvalue weighted by atomic mass is 10.3. The first-order valence-corrected chi connectivity index (χ1v) is 7.86. The van der Waals surface area contributed by atoms with E-state index in [-0.39, 0.29) is 0 Å². The molecule has 2 amide bonds. The molecule has 2 aromatic carbocycles. The summed E-state index contributed by atoms with van der Waals surface area (Å²) in [5.74, 6) is 0. The normalized spacial score (nSPS) is 10.9. The number of rotatable bonds is 5. The van der Waals surface area contributed by atoms with E-state index in [1.54, 1.807) is 48.8 Å². The summed E-state index contributed by atoms with van der Waals surface area (Å²) >= 11 is 0. The number of hydrogen-bond acceptors (Lipinski definition) is 5. The number of amides is 2. The molecule has 3 rings (SSSR count). The minimum atomic E-state index is -0.436. The van der Waals surface area contributed by atoms with Crippen LogP contribution in [-0.4, -0.2) is 17.2 Å². The van der Waals surface area contributed by atoms with Crippen LogP contribution in [0.3, 0.4) is 0 Å². The van der Waals surface area contributed by atoms with Gasteiger partial charge in [-0.3, -0.25) is 4.98 Å². The molecule has 0 spiro atoms. The van der Waals surface area contributed by atoms with E-state index in [4.69, 9.17) is 0 Å². The summed E-state index contributed by atoms with van der Waals surface area (Å²) < 4.78 is 0. The van der Waals surface area contributed by atoms with Crippen molar-refractivity contribution in [2.45, 2.75) is 0 Å². The van der Waals surface area contributed by atoms with E-state index in [0.717, 1.165) is 11.3 Å². The minimum absolute atomic E-state index is 0.436. The van der Waals surface area contributed by atoms with Gasteiger partial charge in [-0.25, -0.2) is 10.2 Å². The number of nitrogens with zero attached hydrogens (tertiary/aromatic N) is 4. The summed E-state index contributed by atoms with van der Waals surface area (Å²) in [4.78, 5) is 15.7. The van der Waals surface area contributed by atoms with Crippen molar-refractivity contribution < 1.29 is 4.79 Å². The maximum atomic E-state index is 11.8. The molecule has 0 aliphatic carbocycles. The molecule has 0 radical (unpaired) electrons. The van der Waals surface area contributed by atoms with Gasteiger partial charge in [0, 0.05) is 18.1 Å². The Morgan fingerprint density at radius 1 is 0.846 bits per heavy atom. The number of benzene rings is 2. The van der Waals surface area contributed by atoms with E-state index in [1.807, 2.05) is 30.3 Å². The summed E-state index contributed by atoms with van der Waals surface area (Å²) in [5.41, 5.74) is 5.33. The van der Waals surface area contributed by atoms with Crippen molar-refractivity contribution in [1.29, 1.82) is 0 Å². The number of carbonyl (C=O) groups is 1. The zero-order valence-electron chi connectivity index (χ0n) is 13.8. The predicted octanol–water partition coefficient (Wildman–Crippen LogP) is 4.65. The monoisotopic (exact) mass is 344 g/mol. The van der Waals surface area contributed by atoms with Crippen molar-refractivity contribution in [3.8, 4) is 0 Å². The number of nitrogens with one attached hydrogen (secondary N) is 2. The molecule has 3 aromatic rings. The van der Waals surface area contributed by atoms with E-state index in [1.165, 1.54) is 6.21 Å². The summed E-state index contributed by atoms with van der Waals surface area (Å²) in [6.45, 7) is 0. The van der Waals surface area contributed by atoms with E-state index in [9.17, 15) is 4.79 Å². The van der Waals surface area contributed by atoms with Crippen LogP contribution in [0.1, 0.15) is 5.56 Å². The van der Waals surface area contributed by atoms with Crippen LogP contribution in [0.5, 0.6) is 0 Å². The Bertz CT molecular complexity index is 892. The quantitative estimate of drug-likeness (QED) is 0.400. The van der Waals surface area contributed by atoms with Gasteiger partial charge in [-0.2, -0.15) is 15.3 Å². The van der Waals surface area contributed by atoms with Gasteiger partial charge in [-0.15, -0.1) is 0 Å². The van der Waals surface area contributed by atoms with E-state index >= 15 is 0 Å². The molecule has 1 aromatic heterocycles. The molecule has 1 heterocycles. The molecule has 7 nitrogen and oxygen atoms in total. The standard InChI is InChI=1S/C19H16N6O/c26-19(25-21-14-15-10-12-20-13-11-15)22-16-6-8-18(9-7-16)24-23-17-4-2-1-3-5-17/h1-14H,(H2,22,25,26). The lowest BCUT2D eigenvalue weighted by molar-refractivity contribution is 0.252. The van der Waals surface area contributed by atoms with E-state index < -0.39 is 6.03 Å². The van der Waals surface area contributed by atoms with Crippen molar-refractivity contribution >= 4 is 29.3 Å². The fourth-order valence-corrected chi connectivity index (χ4v) is 2.00. The van der Waals surface area contributed by atoms with Gasteiger partial charge in [-0.1, -0.05) is 18.2 Å². The van der Waals surface area contributed by atoms with Crippen molar-refractivity contribution in [1.82, 2.24) is 10.4 Å². The van der Waals surface area contributed by atoms with Crippen LogP contribution >= 0.6 is 0 Å². The van der Waals surface area contributed by atoms with Gasteiger partial charge in [-0.05, 0) is 54.1 Å². The largest absolute Gasteiger partial charge is 0.339 e. The fourth-order valence-electron chi connectivity index (χ4n) is 2.00. The number of anilines is 1. The number of hydrazone groups is 1. The fraction of sp³-hybridized carbons (Fsp3) is 0. The second-order valence-corrected chi connectivity index (χ2v) is 5.19. The Morgan fingerprint density at radius 2 is 1.50 bits per heavy atom. The smallest absolute Gasteiger partial charge is 0.307 e. The molecule has 0 fully saturated rings. The molecular formula is C19H16N6O. The average molecular weight is 344 g/mol. The summed E-state index contributed by atoms with van der Waals surface area (Å²) in [6, 6.07) is 19.6. The average Bonchev–Trinajstić information content (AvgIpc) is 2.69. The number of urea groups is 1. The van der Waals surface area contributed by atoms with Crippen LogP contribution in [0.4, 0.5) is 21.9 Å². The summed E-state index contributed by atoms with van der Waals surface area (Å²) in [7, 11) is 0. The first kappa shape index (κ1) is 17.0. The Hall–Kier alpha value is -3.87. The van der Waals surface area contributed by atoms with Crippen LogP contribution in [0.15, 0.2) is 94.5 Å². The SMILES string of the molecule is O=C(NN=Cc1ccncc1)Nc1ccc(N=Nc2ccccc2)cc1. The number of carbonyl (C=O) groups excluding carboxylic acids is 1. The molecule has 0 aliphatic rings. The third-order valence-electron chi connectivity index (χ3n) is 3.25. The van der Waals surface area contributed by atoms with Crippen LogP contribution in [-0.2, 0) is 0 Å². The van der Waals surface area contributed by atoms with E-state index in [2.05, 4.69) is 31.1 Å². The van der Waals surface area contributed by atoms with Crippen LogP contribution in [0, 0.1) is 0 Å². The van der Waals surface area contributed by atoms with Crippen molar-refractivity contribution in [3.63, 3.8) is 0 Å².